The lowest BCUT2D eigenvalue weighted by Crippen LogP contribution is -2.47. The number of carbonyl (C=O) groups is 2. The van der Waals surface area contributed by atoms with Crippen LogP contribution >= 0.6 is 0 Å². The zero-order valence-corrected chi connectivity index (χ0v) is 19.5. The van der Waals surface area contributed by atoms with E-state index in [1.54, 1.807) is 6.92 Å². The van der Waals surface area contributed by atoms with Crippen LogP contribution in [-0.2, 0) is 27.3 Å². The predicted octanol–water partition coefficient (Wildman–Crippen LogP) is 4.07. The normalized spacial score (nSPS) is 12.2. The molecule has 0 aliphatic carbocycles. The first kappa shape index (κ1) is 24.7. The number of furan rings is 1. The van der Waals surface area contributed by atoms with E-state index in [9.17, 15) is 9.59 Å². The highest BCUT2D eigenvalue weighted by molar-refractivity contribution is 5.80. The van der Waals surface area contributed by atoms with E-state index < -0.39 is 6.04 Å². The number of rotatable bonds is 12. The van der Waals surface area contributed by atoms with Gasteiger partial charge in [-0.05, 0) is 56.8 Å². The summed E-state index contributed by atoms with van der Waals surface area (Å²) in [6.07, 6.45) is 1.65. The van der Waals surface area contributed by atoms with Crippen LogP contribution in [0.4, 0.5) is 0 Å². The summed E-state index contributed by atoms with van der Waals surface area (Å²) >= 11 is 0. The number of methoxy groups -OCH3 is 1. The smallest absolute Gasteiger partial charge is 0.322 e. The van der Waals surface area contributed by atoms with Crippen LogP contribution in [-0.4, -0.2) is 54.5 Å². The van der Waals surface area contributed by atoms with Gasteiger partial charge in [0.05, 0.1) is 20.2 Å². The molecule has 0 saturated carbocycles. The van der Waals surface area contributed by atoms with E-state index in [0.29, 0.717) is 25.6 Å². The third kappa shape index (κ3) is 8.21. The van der Waals surface area contributed by atoms with Crippen molar-refractivity contribution in [3.05, 3.63) is 59.5 Å². The molecule has 0 spiro atoms. The van der Waals surface area contributed by atoms with Gasteiger partial charge in [0.25, 0.3) is 0 Å². The van der Waals surface area contributed by atoms with Crippen LogP contribution in [0.5, 0.6) is 0 Å². The van der Waals surface area contributed by atoms with Crippen LogP contribution in [0, 0.1) is 12.8 Å². The average Bonchev–Trinajstić information content (AvgIpc) is 3.17. The minimum atomic E-state index is -0.477. The Morgan fingerprint density at radius 3 is 2.32 bits per heavy atom. The van der Waals surface area contributed by atoms with E-state index in [-0.39, 0.29) is 18.4 Å². The van der Waals surface area contributed by atoms with E-state index in [4.69, 9.17) is 9.15 Å². The fourth-order valence-corrected chi connectivity index (χ4v) is 3.39. The Morgan fingerprint density at radius 2 is 1.74 bits per heavy atom. The third-order valence-corrected chi connectivity index (χ3v) is 5.43. The first-order chi connectivity index (χ1) is 14.8. The molecular weight excluding hydrogens is 392 g/mol. The molecule has 6 heteroatoms. The number of carbonyl (C=O) groups excluding carboxylic acids is 2. The molecule has 0 fully saturated rings. The minimum absolute atomic E-state index is 0.0236. The first-order valence-corrected chi connectivity index (χ1v) is 11.0. The monoisotopic (exact) mass is 428 g/mol. The summed E-state index contributed by atoms with van der Waals surface area (Å²) in [5, 5.41) is 0. The predicted molar refractivity (Wildman–Crippen MR) is 122 cm³/mol. The molecule has 2 aromatic rings. The summed E-state index contributed by atoms with van der Waals surface area (Å²) in [5.74, 6) is 1.71. The summed E-state index contributed by atoms with van der Waals surface area (Å²) in [5.41, 5.74) is 1.18. The average molecular weight is 429 g/mol. The number of hydrogen-bond acceptors (Lipinski definition) is 5. The molecule has 0 N–H and O–H groups in total. The Kier molecular flexibility index (Phi) is 9.79. The van der Waals surface area contributed by atoms with Gasteiger partial charge in [-0.15, -0.1) is 0 Å². The van der Waals surface area contributed by atoms with Crippen molar-refractivity contribution in [1.82, 2.24) is 9.80 Å². The number of hydrogen-bond donors (Lipinski definition) is 0. The Hall–Kier alpha value is -2.60. The van der Waals surface area contributed by atoms with E-state index in [2.05, 4.69) is 26.0 Å². The fraction of sp³-hybridized carbons (Fsp3) is 0.520. The zero-order chi connectivity index (χ0) is 22.8. The lowest BCUT2D eigenvalue weighted by atomic mass is 10.1. The fourth-order valence-electron chi connectivity index (χ4n) is 3.39. The molecule has 170 valence electrons. The molecule has 1 unspecified atom stereocenters. The summed E-state index contributed by atoms with van der Waals surface area (Å²) < 4.78 is 10.6. The summed E-state index contributed by atoms with van der Waals surface area (Å²) in [4.78, 5) is 29.2. The van der Waals surface area contributed by atoms with Crippen molar-refractivity contribution in [1.29, 1.82) is 0 Å². The Morgan fingerprint density at radius 1 is 1.03 bits per heavy atom. The molecule has 1 heterocycles. The van der Waals surface area contributed by atoms with Gasteiger partial charge in [-0.3, -0.25) is 14.5 Å². The van der Waals surface area contributed by atoms with Crippen molar-refractivity contribution in [3.8, 4) is 0 Å². The van der Waals surface area contributed by atoms with E-state index in [1.165, 1.54) is 12.7 Å². The molecule has 31 heavy (non-hydrogen) atoms. The topological polar surface area (TPSA) is 63.0 Å². The minimum Gasteiger partial charge on any atom is -0.468 e. The molecule has 0 saturated heterocycles. The first-order valence-electron chi connectivity index (χ1n) is 11.0. The van der Waals surface area contributed by atoms with Crippen LogP contribution in [0.3, 0.4) is 0 Å². The maximum Gasteiger partial charge on any atom is 0.322 e. The van der Waals surface area contributed by atoms with Crippen LogP contribution in [0.2, 0.25) is 0 Å². The number of aryl methyl sites for hydroxylation is 1. The van der Waals surface area contributed by atoms with E-state index in [0.717, 1.165) is 24.4 Å². The second-order valence-electron chi connectivity index (χ2n) is 8.42. The summed E-state index contributed by atoms with van der Waals surface area (Å²) in [7, 11) is 1.38. The standard InChI is InChI=1S/C25H36N2O4/c1-19(2)13-15-26(21(4)25(29)30-5)18-24(28)27(17-23-12-11-20(3)31-23)16-14-22-9-7-6-8-10-22/h6-12,19,21H,13-18H2,1-5H3. The zero-order valence-electron chi connectivity index (χ0n) is 19.5. The van der Waals surface area contributed by atoms with E-state index in [1.807, 2.05) is 47.1 Å². The van der Waals surface area contributed by atoms with Gasteiger partial charge in [0.15, 0.2) is 0 Å². The molecule has 0 bridgehead atoms. The van der Waals surface area contributed by atoms with E-state index >= 15 is 0 Å². The molecule has 0 aliphatic heterocycles. The second kappa shape index (κ2) is 12.3. The summed E-state index contributed by atoms with van der Waals surface area (Å²) in [6.45, 7) is 9.76. The van der Waals surface area contributed by atoms with Crippen LogP contribution in [0.15, 0.2) is 46.9 Å². The highest BCUT2D eigenvalue weighted by Gasteiger charge is 2.26. The van der Waals surface area contributed by atoms with Crippen molar-refractivity contribution in [3.63, 3.8) is 0 Å². The number of nitrogens with zero attached hydrogens (tertiary/aromatic N) is 2. The van der Waals surface area contributed by atoms with Crippen LogP contribution < -0.4 is 0 Å². The molecule has 0 radical (unpaired) electrons. The quantitative estimate of drug-likeness (QED) is 0.477. The van der Waals surface area contributed by atoms with Gasteiger partial charge < -0.3 is 14.1 Å². The van der Waals surface area contributed by atoms with Gasteiger partial charge in [-0.1, -0.05) is 44.2 Å². The highest BCUT2D eigenvalue weighted by atomic mass is 16.5. The van der Waals surface area contributed by atoms with Crippen LogP contribution in [0.25, 0.3) is 0 Å². The molecule has 1 aromatic carbocycles. The third-order valence-electron chi connectivity index (χ3n) is 5.43. The lowest BCUT2D eigenvalue weighted by Gasteiger charge is -2.30. The van der Waals surface area contributed by atoms with Crippen LogP contribution in [0.1, 0.15) is 44.3 Å². The van der Waals surface area contributed by atoms with Crippen molar-refractivity contribution >= 4 is 11.9 Å². The van der Waals surface area contributed by atoms with Gasteiger partial charge in [0.1, 0.15) is 17.6 Å². The molecule has 0 aliphatic rings. The molecule has 1 atom stereocenters. The Balaban J connectivity index is 2.13. The molecule has 1 aromatic heterocycles. The number of ether oxygens (including phenoxy) is 1. The molecular formula is C25H36N2O4. The van der Waals surface area contributed by atoms with Crippen molar-refractivity contribution < 1.29 is 18.7 Å². The number of benzene rings is 1. The van der Waals surface area contributed by atoms with Gasteiger partial charge in [-0.25, -0.2) is 0 Å². The van der Waals surface area contributed by atoms with Gasteiger partial charge in [0.2, 0.25) is 5.91 Å². The Labute approximate surface area is 186 Å². The maximum absolute atomic E-state index is 13.3. The molecule has 1 amide bonds. The largest absolute Gasteiger partial charge is 0.468 e. The SMILES string of the molecule is COC(=O)C(C)N(CCC(C)C)CC(=O)N(CCc1ccccc1)Cc1ccc(C)o1. The number of amides is 1. The van der Waals surface area contributed by atoms with Crippen molar-refractivity contribution in [2.24, 2.45) is 5.92 Å². The van der Waals surface area contributed by atoms with Crippen molar-refractivity contribution in [2.75, 3.05) is 26.7 Å². The van der Waals surface area contributed by atoms with Gasteiger partial charge in [0, 0.05) is 6.54 Å². The highest BCUT2D eigenvalue weighted by Crippen LogP contribution is 2.13. The maximum atomic E-state index is 13.3. The number of esters is 1. The molecule has 6 nitrogen and oxygen atoms in total. The second-order valence-corrected chi connectivity index (χ2v) is 8.42. The lowest BCUT2D eigenvalue weighted by molar-refractivity contribution is -0.147. The summed E-state index contributed by atoms with van der Waals surface area (Å²) in [6, 6.07) is 13.5. The molecule has 2 rings (SSSR count). The van der Waals surface area contributed by atoms with Crippen molar-refractivity contribution in [2.45, 2.75) is 53.1 Å². The Bertz CT molecular complexity index is 816. The van der Waals surface area contributed by atoms with Gasteiger partial charge in [-0.2, -0.15) is 0 Å². The van der Waals surface area contributed by atoms with Gasteiger partial charge >= 0.3 is 5.97 Å².